The van der Waals surface area contributed by atoms with Gasteiger partial charge in [0.15, 0.2) is 0 Å². The van der Waals surface area contributed by atoms with Gasteiger partial charge in [0.25, 0.3) is 10.0 Å². The molecule has 0 aliphatic carbocycles. The smallest absolute Gasteiger partial charge is 0.340 e. The molecular formula is C15H15N3O3S. The first kappa shape index (κ1) is 14.4. The Morgan fingerprint density at radius 1 is 1.09 bits per heavy atom. The van der Waals surface area contributed by atoms with Crippen LogP contribution in [0.25, 0.3) is 11.0 Å². The molecule has 0 bridgehead atoms. The Hall–Kier alpha value is -2.54. The number of aromatic amines is 1. The molecule has 3 aromatic rings. The van der Waals surface area contributed by atoms with Crippen molar-refractivity contribution in [3.63, 3.8) is 0 Å². The lowest BCUT2D eigenvalue weighted by molar-refractivity contribution is 0.587. The fourth-order valence-corrected chi connectivity index (χ4v) is 4.11. The van der Waals surface area contributed by atoms with Crippen LogP contribution in [0.15, 0.2) is 46.1 Å². The molecule has 0 unspecified atom stereocenters. The minimum atomic E-state index is -4.00. The maximum Gasteiger partial charge on any atom is 0.340 e. The van der Waals surface area contributed by atoms with Gasteiger partial charge in [0.2, 0.25) is 0 Å². The van der Waals surface area contributed by atoms with E-state index in [2.05, 4.69) is 4.98 Å². The van der Waals surface area contributed by atoms with Gasteiger partial charge in [-0.3, -0.25) is 0 Å². The van der Waals surface area contributed by atoms with E-state index in [9.17, 15) is 13.2 Å². The highest BCUT2D eigenvalue weighted by Crippen LogP contribution is 2.22. The van der Waals surface area contributed by atoms with Gasteiger partial charge >= 0.3 is 5.69 Å². The standard InChI is InChI=1S/C15H15N3O3S/c1-9-6-10(2)8-11(7-9)22(20,21)18-13-5-3-4-12(16)14(13)17-15(18)19/h3-8H,16H2,1-2H3,(H,17,19). The Kier molecular flexibility index (Phi) is 3.10. The van der Waals surface area contributed by atoms with E-state index in [0.29, 0.717) is 11.2 Å². The van der Waals surface area contributed by atoms with E-state index < -0.39 is 15.7 Å². The molecule has 3 rings (SSSR count). The van der Waals surface area contributed by atoms with Crippen molar-refractivity contribution in [3.8, 4) is 0 Å². The summed E-state index contributed by atoms with van der Waals surface area (Å²) < 4.78 is 26.5. The van der Waals surface area contributed by atoms with Crippen molar-refractivity contribution in [3.05, 3.63) is 58.0 Å². The van der Waals surface area contributed by atoms with Gasteiger partial charge in [-0.05, 0) is 49.2 Å². The molecule has 0 spiro atoms. The number of fused-ring (bicyclic) bond motifs is 1. The number of hydrogen-bond donors (Lipinski definition) is 2. The lowest BCUT2D eigenvalue weighted by Gasteiger charge is -2.08. The van der Waals surface area contributed by atoms with Gasteiger partial charge in [-0.25, -0.2) is 13.2 Å². The van der Waals surface area contributed by atoms with E-state index in [1.165, 1.54) is 0 Å². The molecule has 22 heavy (non-hydrogen) atoms. The van der Waals surface area contributed by atoms with Crippen molar-refractivity contribution >= 4 is 26.7 Å². The summed E-state index contributed by atoms with van der Waals surface area (Å²) in [5, 5.41) is 0. The van der Waals surface area contributed by atoms with Crippen molar-refractivity contribution in [2.24, 2.45) is 0 Å². The van der Waals surface area contributed by atoms with Gasteiger partial charge in [0.1, 0.15) is 0 Å². The number of para-hydroxylation sites is 1. The summed E-state index contributed by atoms with van der Waals surface area (Å²) in [6, 6.07) is 9.71. The molecule has 2 aromatic carbocycles. The number of aromatic nitrogens is 2. The zero-order valence-corrected chi connectivity index (χ0v) is 12.9. The second-order valence-electron chi connectivity index (χ2n) is 5.26. The lowest BCUT2D eigenvalue weighted by Crippen LogP contribution is -2.25. The van der Waals surface area contributed by atoms with Crippen LogP contribution in [-0.2, 0) is 10.0 Å². The van der Waals surface area contributed by atoms with E-state index in [-0.39, 0.29) is 10.4 Å². The predicted octanol–water partition coefficient (Wildman–Crippen LogP) is 1.77. The van der Waals surface area contributed by atoms with E-state index in [1.54, 1.807) is 30.3 Å². The number of benzene rings is 2. The second kappa shape index (κ2) is 4.74. The number of H-pyrrole nitrogens is 1. The lowest BCUT2D eigenvalue weighted by atomic mass is 10.2. The molecule has 0 aliphatic heterocycles. The Labute approximate surface area is 127 Å². The molecule has 0 saturated carbocycles. The Morgan fingerprint density at radius 2 is 1.73 bits per heavy atom. The zero-order valence-electron chi connectivity index (χ0n) is 12.1. The van der Waals surface area contributed by atoms with E-state index in [0.717, 1.165) is 15.1 Å². The quantitative estimate of drug-likeness (QED) is 0.704. The fourth-order valence-electron chi connectivity index (χ4n) is 2.56. The summed E-state index contributed by atoms with van der Waals surface area (Å²) in [6.45, 7) is 3.62. The minimum Gasteiger partial charge on any atom is -0.397 e. The fraction of sp³-hybridized carbons (Fsp3) is 0.133. The molecule has 0 atom stereocenters. The van der Waals surface area contributed by atoms with Crippen molar-refractivity contribution < 1.29 is 8.42 Å². The molecule has 1 heterocycles. The summed E-state index contributed by atoms with van der Waals surface area (Å²) >= 11 is 0. The SMILES string of the molecule is Cc1cc(C)cc(S(=O)(=O)n2c(=O)[nH]c3c(N)cccc32)c1. The van der Waals surface area contributed by atoms with Crippen LogP contribution in [0.1, 0.15) is 11.1 Å². The number of anilines is 1. The molecule has 0 saturated heterocycles. The molecule has 0 amide bonds. The summed E-state index contributed by atoms with van der Waals surface area (Å²) in [5.41, 5.74) is 7.57. The molecule has 0 radical (unpaired) electrons. The van der Waals surface area contributed by atoms with Crippen LogP contribution in [0, 0.1) is 13.8 Å². The zero-order chi connectivity index (χ0) is 16.1. The second-order valence-corrected chi connectivity index (χ2v) is 7.05. The van der Waals surface area contributed by atoms with Gasteiger partial charge < -0.3 is 10.7 Å². The Morgan fingerprint density at radius 3 is 2.36 bits per heavy atom. The summed E-state index contributed by atoms with van der Waals surface area (Å²) in [4.78, 5) is 14.7. The van der Waals surface area contributed by atoms with Crippen LogP contribution in [-0.4, -0.2) is 17.4 Å². The molecular weight excluding hydrogens is 302 g/mol. The molecule has 0 aliphatic rings. The number of nitrogens with zero attached hydrogens (tertiary/aromatic N) is 1. The third-order valence-electron chi connectivity index (χ3n) is 3.44. The molecule has 7 heteroatoms. The van der Waals surface area contributed by atoms with Crippen molar-refractivity contribution in [1.29, 1.82) is 0 Å². The van der Waals surface area contributed by atoms with E-state index >= 15 is 0 Å². The highest BCUT2D eigenvalue weighted by Gasteiger charge is 2.23. The van der Waals surface area contributed by atoms with Crippen LogP contribution in [0.4, 0.5) is 5.69 Å². The van der Waals surface area contributed by atoms with Crippen LogP contribution in [0.5, 0.6) is 0 Å². The van der Waals surface area contributed by atoms with Gasteiger partial charge in [-0.2, -0.15) is 3.97 Å². The molecule has 0 fully saturated rings. The maximum atomic E-state index is 12.8. The van der Waals surface area contributed by atoms with Crippen molar-refractivity contribution in [1.82, 2.24) is 8.96 Å². The van der Waals surface area contributed by atoms with Gasteiger partial charge in [0.05, 0.1) is 21.6 Å². The van der Waals surface area contributed by atoms with E-state index in [1.807, 2.05) is 19.9 Å². The number of nitrogen functional groups attached to an aromatic ring is 1. The van der Waals surface area contributed by atoms with Crippen LogP contribution >= 0.6 is 0 Å². The monoisotopic (exact) mass is 317 g/mol. The number of nitrogens with one attached hydrogen (secondary N) is 1. The first-order valence-electron chi connectivity index (χ1n) is 6.64. The molecule has 1 aromatic heterocycles. The maximum absolute atomic E-state index is 12.8. The van der Waals surface area contributed by atoms with Crippen LogP contribution in [0.2, 0.25) is 0 Å². The highest BCUT2D eigenvalue weighted by atomic mass is 32.2. The van der Waals surface area contributed by atoms with Gasteiger partial charge in [-0.1, -0.05) is 12.1 Å². The first-order valence-corrected chi connectivity index (χ1v) is 8.08. The minimum absolute atomic E-state index is 0.0791. The predicted molar refractivity (Wildman–Crippen MR) is 85.5 cm³/mol. The number of aryl methyl sites for hydroxylation is 2. The number of imidazole rings is 1. The summed E-state index contributed by atoms with van der Waals surface area (Å²) in [5.74, 6) is 0. The molecule has 3 N–H and O–H groups in total. The summed E-state index contributed by atoms with van der Waals surface area (Å²) in [7, 11) is -4.00. The largest absolute Gasteiger partial charge is 0.397 e. The first-order chi connectivity index (χ1) is 10.3. The highest BCUT2D eigenvalue weighted by molar-refractivity contribution is 7.90. The van der Waals surface area contributed by atoms with Crippen molar-refractivity contribution in [2.75, 3.05) is 5.73 Å². The molecule has 6 nitrogen and oxygen atoms in total. The number of rotatable bonds is 2. The average molecular weight is 317 g/mol. The van der Waals surface area contributed by atoms with Crippen LogP contribution in [0.3, 0.4) is 0 Å². The third kappa shape index (κ3) is 2.10. The Balaban J connectivity index is 2.37. The van der Waals surface area contributed by atoms with Gasteiger partial charge in [0, 0.05) is 0 Å². The molecule has 114 valence electrons. The normalized spacial score (nSPS) is 11.9. The topological polar surface area (TPSA) is 98.0 Å². The van der Waals surface area contributed by atoms with Gasteiger partial charge in [-0.15, -0.1) is 0 Å². The number of nitrogens with two attached hydrogens (primary N) is 1. The average Bonchev–Trinajstić information content (AvgIpc) is 2.76. The van der Waals surface area contributed by atoms with Crippen LogP contribution < -0.4 is 11.4 Å². The Bertz CT molecular complexity index is 1030. The number of hydrogen-bond acceptors (Lipinski definition) is 4. The summed E-state index contributed by atoms with van der Waals surface area (Å²) in [6.07, 6.45) is 0. The third-order valence-corrected chi connectivity index (χ3v) is 5.12. The van der Waals surface area contributed by atoms with Crippen molar-refractivity contribution in [2.45, 2.75) is 18.7 Å². The van der Waals surface area contributed by atoms with E-state index in [4.69, 9.17) is 5.73 Å².